The lowest BCUT2D eigenvalue weighted by Gasteiger charge is -2.41. The monoisotopic (exact) mass is 203 g/mol. The molecule has 1 fully saturated rings. The molecule has 1 rings (SSSR count). The fraction of sp³-hybridized carbons (Fsp3) is 1.00. The van der Waals surface area contributed by atoms with Crippen LogP contribution in [-0.2, 0) is 9.47 Å². The van der Waals surface area contributed by atoms with Gasteiger partial charge < -0.3 is 20.3 Å². The minimum Gasteiger partial charge on any atom is -0.390 e. The molecule has 5 atom stereocenters. The summed E-state index contributed by atoms with van der Waals surface area (Å²) >= 11 is 0. The summed E-state index contributed by atoms with van der Waals surface area (Å²) in [7, 11) is 0. The molecule has 4 heteroatoms. The van der Waals surface area contributed by atoms with E-state index in [1.54, 1.807) is 0 Å². The quantitative estimate of drug-likeness (QED) is 0.684. The topological polar surface area (TPSA) is 64.7 Å². The second-order valence-electron chi connectivity index (χ2n) is 4.02. The molecule has 1 aliphatic heterocycles. The molecule has 0 aromatic carbocycles. The van der Waals surface area contributed by atoms with Gasteiger partial charge in [0.25, 0.3) is 0 Å². The molecule has 0 saturated carbocycles. The van der Waals surface area contributed by atoms with Gasteiger partial charge in [-0.1, -0.05) is 6.92 Å². The van der Waals surface area contributed by atoms with Crippen LogP contribution in [0.1, 0.15) is 20.8 Å². The first-order valence-corrected chi connectivity index (χ1v) is 5.23. The first-order valence-electron chi connectivity index (χ1n) is 5.23. The number of hydrogen-bond donors (Lipinski definition) is 2. The average molecular weight is 203 g/mol. The fourth-order valence-electron chi connectivity index (χ4n) is 1.83. The molecule has 14 heavy (non-hydrogen) atoms. The average Bonchev–Trinajstić information content (AvgIpc) is 2.14. The molecule has 0 aromatic heterocycles. The molecule has 0 aliphatic carbocycles. The van der Waals surface area contributed by atoms with Crippen molar-refractivity contribution in [3.63, 3.8) is 0 Å². The second-order valence-corrected chi connectivity index (χ2v) is 4.02. The molecular formula is C10H21NO3. The van der Waals surface area contributed by atoms with Crippen molar-refractivity contribution in [3.8, 4) is 0 Å². The molecule has 0 radical (unpaired) electrons. The van der Waals surface area contributed by atoms with E-state index in [2.05, 4.69) is 0 Å². The lowest BCUT2D eigenvalue weighted by Crippen LogP contribution is -2.53. The van der Waals surface area contributed by atoms with Crippen molar-refractivity contribution < 1.29 is 14.6 Å². The third-order valence-corrected chi connectivity index (χ3v) is 2.94. The van der Waals surface area contributed by atoms with Crippen LogP contribution in [0, 0.1) is 5.92 Å². The van der Waals surface area contributed by atoms with Crippen molar-refractivity contribution in [3.05, 3.63) is 0 Å². The van der Waals surface area contributed by atoms with Crippen molar-refractivity contribution in [2.75, 3.05) is 13.2 Å². The Morgan fingerprint density at radius 3 is 2.50 bits per heavy atom. The Hall–Kier alpha value is -0.160. The molecule has 2 unspecified atom stereocenters. The Labute approximate surface area is 85.4 Å². The van der Waals surface area contributed by atoms with Crippen molar-refractivity contribution in [1.82, 2.24) is 0 Å². The number of hydrogen-bond acceptors (Lipinski definition) is 4. The number of aliphatic hydroxyl groups excluding tert-OH is 1. The molecule has 0 aromatic rings. The van der Waals surface area contributed by atoms with Gasteiger partial charge in [-0.15, -0.1) is 0 Å². The van der Waals surface area contributed by atoms with Gasteiger partial charge in [0.15, 0.2) is 0 Å². The normalized spacial score (nSPS) is 43.9. The van der Waals surface area contributed by atoms with E-state index in [9.17, 15) is 5.11 Å². The van der Waals surface area contributed by atoms with Gasteiger partial charge in [0.2, 0.25) is 0 Å². The number of aliphatic hydroxyl groups is 1. The zero-order chi connectivity index (χ0) is 10.7. The maximum absolute atomic E-state index is 9.96. The van der Waals surface area contributed by atoms with Crippen molar-refractivity contribution in [2.45, 2.75) is 45.2 Å². The highest BCUT2D eigenvalue weighted by Crippen LogP contribution is 2.27. The van der Waals surface area contributed by atoms with E-state index >= 15 is 0 Å². The summed E-state index contributed by atoms with van der Waals surface area (Å²) in [6, 6.07) is 0. The largest absolute Gasteiger partial charge is 0.390 e. The molecule has 1 saturated heterocycles. The third kappa shape index (κ3) is 2.45. The van der Waals surface area contributed by atoms with E-state index in [0.29, 0.717) is 13.2 Å². The van der Waals surface area contributed by atoms with Crippen molar-refractivity contribution >= 4 is 0 Å². The fourth-order valence-corrected chi connectivity index (χ4v) is 1.83. The van der Waals surface area contributed by atoms with Crippen molar-refractivity contribution in [2.24, 2.45) is 11.7 Å². The Kier molecular flexibility index (Phi) is 4.31. The van der Waals surface area contributed by atoms with E-state index in [0.717, 1.165) is 0 Å². The zero-order valence-corrected chi connectivity index (χ0v) is 9.14. The molecule has 0 bridgehead atoms. The first kappa shape index (κ1) is 11.9. The molecule has 84 valence electrons. The standard InChI is InChI=1S/C10H21NO3/c1-6-7(2)14-8(3)10(9(6)12)13-5-4-11/h6-10,12H,4-5,11H2,1-3H3/t6-,7?,8?,9+,10-/m1/s1. The molecule has 1 aliphatic rings. The summed E-state index contributed by atoms with van der Waals surface area (Å²) in [6.45, 7) is 6.81. The SMILES string of the molecule is CC1OC(C)[C@@H](OCCN)[C@@H](O)[C@@H]1C. The van der Waals surface area contributed by atoms with Gasteiger partial charge in [0.05, 0.1) is 24.9 Å². The highest BCUT2D eigenvalue weighted by atomic mass is 16.6. The van der Waals surface area contributed by atoms with Crippen LogP contribution in [0.5, 0.6) is 0 Å². The lowest BCUT2D eigenvalue weighted by atomic mass is 9.89. The summed E-state index contributed by atoms with van der Waals surface area (Å²) in [5, 5.41) is 9.96. The molecule has 1 heterocycles. The van der Waals surface area contributed by atoms with Crippen LogP contribution in [0.15, 0.2) is 0 Å². The van der Waals surface area contributed by atoms with Crippen LogP contribution in [0.4, 0.5) is 0 Å². The Balaban J connectivity index is 2.55. The number of ether oxygens (including phenoxy) is 2. The van der Waals surface area contributed by atoms with E-state index in [1.807, 2.05) is 20.8 Å². The first-order chi connectivity index (χ1) is 6.57. The van der Waals surface area contributed by atoms with Crippen LogP contribution in [0.3, 0.4) is 0 Å². The smallest absolute Gasteiger partial charge is 0.110 e. The van der Waals surface area contributed by atoms with Gasteiger partial charge in [-0.05, 0) is 13.8 Å². The summed E-state index contributed by atoms with van der Waals surface area (Å²) < 4.78 is 11.1. The summed E-state index contributed by atoms with van der Waals surface area (Å²) in [4.78, 5) is 0. The predicted molar refractivity (Wildman–Crippen MR) is 54.0 cm³/mol. The Bertz CT molecular complexity index is 177. The Morgan fingerprint density at radius 1 is 1.29 bits per heavy atom. The van der Waals surface area contributed by atoms with Gasteiger partial charge in [-0.2, -0.15) is 0 Å². The molecule has 0 spiro atoms. The maximum atomic E-state index is 9.96. The highest BCUT2D eigenvalue weighted by molar-refractivity contribution is 4.87. The van der Waals surface area contributed by atoms with Crippen LogP contribution in [0.2, 0.25) is 0 Å². The van der Waals surface area contributed by atoms with Crippen molar-refractivity contribution in [1.29, 1.82) is 0 Å². The van der Waals surface area contributed by atoms with Gasteiger partial charge in [0.1, 0.15) is 6.10 Å². The molecule has 3 N–H and O–H groups in total. The molecular weight excluding hydrogens is 182 g/mol. The Morgan fingerprint density at radius 2 is 1.93 bits per heavy atom. The lowest BCUT2D eigenvalue weighted by molar-refractivity contribution is -0.201. The van der Waals surface area contributed by atoms with Gasteiger partial charge >= 0.3 is 0 Å². The summed E-state index contributed by atoms with van der Waals surface area (Å²) in [5.74, 6) is 0.106. The van der Waals surface area contributed by atoms with E-state index in [4.69, 9.17) is 15.2 Å². The summed E-state index contributed by atoms with van der Waals surface area (Å²) in [6.07, 6.45) is -0.689. The van der Waals surface area contributed by atoms with E-state index in [-0.39, 0.29) is 24.2 Å². The van der Waals surface area contributed by atoms with Crippen LogP contribution in [0.25, 0.3) is 0 Å². The third-order valence-electron chi connectivity index (χ3n) is 2.94. The highest BCUT2D eigenvalue weighted by Gasteiger charge is 2.39. The van der Waals surface area contributed by atoms with Crippen LogP contribution >= 0.6 is 0 Å². The van der Waals surface area contributed by atoms with Gasteiger partial charge in [-0.3, -0.25) is 0 Å². The summed E-state index contributed by atoms with van der Waals surface area (Å²) in [5.41, 5.74) is 5.35. The minimum atomic E-state index is -0.458. The maximum Gasteiger partial charge on any atom is 0.110 e. The molecule has 0 amide bonds. The number of nitrogens with two attached hydrogens (primary N) is 1. The zero-order valence-electron chi connectivity index (χ0n) is 9.14. The van der Waals surface area contributed by atoms with Crippen LogP contribution < -0.4 is 5.73 Å². The molecule has 4 nitrogen and oxygen atoms in total. The van der Waals surface area contributed by atoms with Gasteiger partial charge in [-0.25, -0.2) is 0 Å². The van der Waals surface area contributed by atoms with Crippen LogP contribution in [-0.4, -0.2) is 42.7 Å². The predicted octanol–water partition coefficient (Wildman–Crippen LogP) is 0.135. The second kappa shape index (κ2) is 5.07. The number of rotatable bonds is 3. The minimum absolute atomic E-state index is 0.0669. The van der Waals surface area contributed by atoms with Gasteiger partial charge in [0, 0.05) is 12.5 Å². The van der Waals surface area contributed by atoms with E-state index < -0.39 is 6.10 Å². The van der Waals surface area contributed by atoms with E-state index in [1.165, 1.54) is 0 Å².